The summed E-state index contributed by atoms with van der Waals surface area (Å²) >= 11 is 3.32. The van der Waals surface area contributed by atoms with Crippen molar-refractivity contribution in [3.63, 3.8) is 0 Å². The maximum Gasteiger partial charge on any atom is 0.244 e. The zero-order chi connectivity index (χ0) is 16.3. The van der Waals surface area contributed by atoms with E-state index in [0.29, 0.717) is 16.8 Å². The first-order chi connectivity index (χ1) is 10.4. The fourth-order valence-corrected chi connectivity index (χ4v) is 4.77. The number of ether oxygens (including phenoxy) is 2. The van der Waals surface area contributed by atoms with Gasteiger partial charge in [-0.3, -0.25) is 0 Å². The van der Waals surface area contributed by atoms with E-state index in [2.05, 4.69) is 20.7 Å². The molecule has 0 amide bonds. The predicted octanol–water partition coefficient (Wildman–Crippen LogP) is 1.87. The third-order valence-electron chi connectivity index (χ3n) is 4.00. The van der Waals surface area contributed by atoms with E-state index in [1.165, 1.54) is 20.3 Å². The van der Waals surface area contributed by atoms with Gasteiger partial charge in [0.15, 0.2) is 0 Å². The molecule has 2 atom stereocenters. The van der Waals surface area contributed by atoms with Gasteiger partial charge >= 0.3 is 0 Å². The lowest BCUT2D eigenvalue weighted by Crippen LogP contribution is -2.39. The highest BCUT2D eigenvalue weighted by Crippen LogP contribution is 2.36. The molecule has 0 radical (unpaired) electrons. The summed E-state index contributed by atoms with van der Waals surface area (Å²) in [4.78, 5) is 0.0673. The second-order valence-electron chi connectivity index (χ2n) is 5.29. The molecular weight excluding hydrogens is 372 g/mol. The number of nitrogens with one attached hydrogen (secondary N) is 1. The zero-order valence-corrected chi connectivity index (χ0v) is 15.0. The molecule has 1 aromatic rings. The summed E-state index contributed by atoms with van der Waals surface area (Å²) < 4.78 is 39.2. The summed E-state index contributed by atoms with van der Waals surface area (Å²) in [7, 11) is -0.790. The van der Waals surface area contributed by atoms with E-state index in [-0.39, 0.29) is 22.6 Å². The van der Waals surface area contributed by atoms with Gasteiger partial charge in [0.05, 0.1) is 18.7 Å². The van der Waals surface area contributed by atoms with E-state index in [4.69, 9.17) is 15.2 Å². The van der Waals surface area contributed by atoms with Crippen molar-refractivity contribution in [2.45, 2.75) is 30.2 Å². The average molecular weight is 393 g/mol. The van der Waals surface area contributed by atoms with E-state index >= 15 is 0 Å². The number of nitrogens with two attached hydrogens (primary N) is 1. The van der Waals surface area contributed by atoms with Crippen molar-refractivity contribution in [2.24, 2.45) is 11.7 Å². The van der Waals surface area contributed by atoms with Crippen LogP contribution in [0.5, 0.6) is 11.5 Å². The third kappa shape index (κ3) is 3.56. The minimum atomic E-state index is -3.71. The second-order valence-corrected chi connectivity index (χ2v) is 7.83. The summed E-state index contributed by atoms with van der Waals surface area (Å²) in [5.41, 5.74) is 5.72. The van der Waals surface area contributed by atoms with Crippen LogP contribution in [0.3, 0.4) is 0 Å². The van der Waals surface area contributed by atoms with Crippen molar-refractivity contribution in [2.75, 3.05) is 20.8 Å². The van der Waals surface area contributed by atoms with Gasteiger partial charge in [0.2, 0.25) is 10.0 Å². The van der Waals surface area contributed by atoms with Crippen molar-refractivity contribution < 1.29 is 17.9 Å². The first kappa shape index (κ1) is 17.5. The number of sulfonamides is 1. The Morgan fingerprint density at radius 2 is 1.95 bits per heavy atom. The molecular formula is C14H21BrN2O4S. The predicted molar refractivity (Wildman–Crippen MR) is 87.8 cm³/mol. The molecule has 0 spiro atoms. The quantitative estimate of drug-likeness (QED) is 0.770. The van der Waals surface area contributed by atoms with Gasteiger partial charge in [-0.1, -0.05) is 6.42 Å². The van der Waals surface area contributed by atoms with Crippen molar-refractivity contribution in [1.29, 1.82) is 0 Å². The van der Waals surface area contributed by atoms with Gasteiger partial charge in [-0.25, -0.2) is 13.1 Å². The molecule has 0 saturated heterocycles. The largest absolute Gasteiger partial charge is 0.496 e. The van der Waals surface area contributed by atoms with Crippen LogP contribution < -0.4 is 19.9 Å². The van der Waals surface area contributed by atoms with Gasteiger partial charge in [0.1, 0.15) is 16.4 Å². The average Bonchev–Trinajstić information content (AvgIpc) is 2.92. The molecule has 1 aliphatic rings. The molecule has 1 saturated carbocycles. The summed E-state index contributed by atoms with van der Waals surface area (Å²) in [5, 5.41) is 0. The van der Waals surface area contributed by atoms with Gasteiger partial charge in [-0.15, -0.1) is 0 Å². The van der Waals surface area contributed by atoms with E-state index in [9.17, 15) is 8.42 Å². The van der Waals surface area contributed by atoms with Crippen LogP contribution in [-0.2, 0) is 10.0 Å². The second kappa shape index (κ2) is 7.16. The molecule has 124 valence electrons. The molecule has 0 aromatic heterocycles. The fraction of sp³-hybridized carbons (Fsp3) is 0.571. The molecule has 2 unspecified atom stereocenters. The number of halogens is 1. The fourth-order valence-electron chi connectivity index (χ4n) is 2.78. The Kier molecular flexibility index (Phi) is 5.70. The van der Waals surface area contributed by atoms with Crippen LogP contribution in [0.1, 0.15) is 19.3 Å². The highest BCUT2D eigenvalue weighted by Gasteiger charge is 2.32. The lowest BCUT2D eigenvalue weighted by Gasteiger charge is -2.20. The molecule has 0 bridgehead atoms. The molecule has 6 nitrogen and oxygen atoms in total. The van der Waals surface area contributed by atoms with Crippen molar-refractivity contribution in [1.82, 2.24) is 4.72 Å². The smallest absolute Gasteiger partial charge is 0.244 e. The van der Waals surface area contributed by atoms with E-state index < -0.39 is 10.0 Å². The normalized spacial score (nSPS) is 21.8. The first-order valence-corrected chi connectivity index (χ1v) is 9.34. The minimum absolute atomic E-state index is 0.0673. The van der Waals surface area contributed by atoms with E-state index in [1.807, 2.05) is 0 Å². The molecule has 3 N–H and O–H groups in total. The summed E-state index contributed by atoms with van der Waals surface area (Å²) in [6.45, 7) is 0.480. The number of hydrogen-bond acceptors (Lipinski definition) is 5. The van der Waals surface area contributed by atoms with Crippen molar-refractivity contribution in [3.8, 4) is 11.5 Å². The molecule has 0 aliphatic heterocycles. The molecule has 1 fully saturated rings. The van der Waals surface area contributed by atoms with Crippen LogP contribution in [-0.4, -0.2) is 35.2 Å². The van der Waals surface area contributed by atoms with Crippen LogP contribution in [0.4, 0.5) is 0 Å². The third-order valence-corrected chi connectivity index (χ3v) is 6.13. The van der Waals surface area contributed by atoms with Crippen LogP contribution in [0.2, 0.25) is 0 Å². The number of methoxy groups -OCH3 is 2. The van der Waals surface area contributed by atoms with Crippen LogP contribution >= 0.6 is 15.9 Å². The van der Waals surface area contributed by atoms with Crippen LogP contribution in [0.15, 0.2) is 21.5 Å². The highest BCUT2D eigenvalue weighted by molar-refractivity contribution is 9.10. The van der Waals surface area contributed by atoms with E-state index in [1.54, 1.807) is 6.07 Å². The summed E-state index contributed by atoms with van der Waals surface area (Å²) in [6, 6.07) is 2.91. The lowest BCUT2D eigenvalue weighted by atomic mass is 10.1. The van der Waals surface area contributed by atoms with Crippen molar-refractivity contribution >= 4 is 26.0 Å². The number of rotatable bonds is 6. The Hall–Kier alpha value is -0.830. The Balaban J connectivity index is 2.36. The van der Waals surface area contributed by atoms with Gasteiger partial charge in [0, 0.05) is 12.1 Å². The summed E-state index contributed by atoms with van der Waals surface area (Å²) in [6.07, 6.45) is 2.73. The van der Waals surface area contributed by atoms with Gasteiger partial charge < -0.3 is 15.2 Å². The Morgan fingerprint density at radius 1 is 1.27 bits per heavy atom. The monoisotopic (exact) mass is 392 g/mol. The molecule has 22 heavy (non-hydrogen) atoms. The van der Waals surface area contributed by atoms with Crippen LogP contribution in [0, 0.1) is 5.92 Å². The van der Waals surface area contributed by atoms with Gasteiger partial charge in [0.25, 0.3) is 0 Å². The molecule has 8 heteroatoms. The SMILES string of the molecule is COc1cc(S(=O)(=O)NC2CCCC2CN)c(OC)cc1Br. The number of benzene rings is 1. The molecule has 0 heterocycles. The Morgan fingerprint density at radius 3 is 2.55 bits per heavy atom. The van der Waals surface area contributed by atoms with Gasteiger partial charge in [-0.2, -0.15) is 0 Å². The summed E-state index contributed by atoms with van der Waals surface area (Å²) in [5.74, 6) is 0.878. The van der Waals surface area contributed by atoms with Crippen LogP contribution in [0.25, 0.3) is 0 Å². The van der Waals surface area contributed by atoms with Crippen molar-refractivity contribution in [3.05, 3.63) is 16.6 Å². The first-order valence-electron chi connectivity index (χ1n) is 7.07. The maximum absolute atomic E-state index is 12.7. The molecule has 1 aromatic carbocycles. The Bertz CT molecular complexity index is 636. The molecule has 2 rings (SSSR count). The highest BCUT2D eigenvalue weighted by atomic mass is 79.9. The number of hydrogen-bond donors (Lipinski definition) is 2. The van der Waals surface area contributed by atoms with Gasteiger partial charge in [-0.05, 0) is 47.3 Å². The maximum atomic E-state index is 12.7. The Labute approximate surface area is 139 Å². The topological polar surface area (TPSA) is 90.7 Å². The molecule has 1 aliphatic carbocycles. The standard InChI is InChI=1S/C14H21BrN2O4S/c1-20-12-7-14(13(21-2)6-10(12)15)22(18,19)17-11-5-3-4-9(11)8-16/h6-7,9,11,17H,3-5,8,16H2,1-2H3. The van der Waals surface area contributed by atoms with E-state index in [0.717, 1.165) is 19.3 Å². The lowest BCUT2D eigenvalue weighted by molar-refractivity contribution is 0.389. The zero-order valence-electron chi connectivity index (χ0n) is 12.6. The minimum Gasteiger partial charge on any atom is -0.496 e.